The molecule has 1 aliphatic heterocycles. The Bertz CT molecular complexity index is 522. The lowest BCUT2D eigenvalue weighted by molar-refractivity contribution is -0.121. The Morgan fingerprint density at radius 3 is 2.70 bits per heavy atom. The smallest absolute Gasteiger partial charge is 0.231 e. The van der Waals surface area contributed by atoms with Gasteiger partial charge in [0, 0.05) is 25.2 Å². The second-order valence-electron chi connectivity index (χ2n) is 5.65. The molecule has 0 atom stereocenters. The summed E-state index contributed by atoms with van der Waals surface area (Å²) in [5.41, 5.74) is 7.47. The second-order valence-corrected chi connectivity index (χ2v) is 5.65. The summed E-state index contributed by atoms with van der Waals surface area (Å²) in [5, 5.41) is 2.89. The highest BCUT2D eigenvalue weighted by molar-refractivity contribution is 6.01. The summed E-state index contributed by atoms with van der Waals surface area (Å²) >= 11 is 0. The molecule has 0 radical (unpaired) electrons. The van der Waals surface area contributed by atoms with E-state index in [4.69, 9.17) is 5.73 Å². The van der Waals surface area contributed by atoms with Crippen LogP contribution in [0.5, 0.6) is 0 Å². The number of nitrogens with two attached hydrogens (primary N) is 1. The Morgan fingerprint density at radius 2 is 1.91 bits per heavy atom. The van der Waals surface area contributed by atoms with E-state index in [1.165, 1.54) is 0 Å². The fraction of sp³-hybridized carbons (Fsp3) is 0.529. The van der Waals surface area contributed by atoms with Crippen molar-refractivity contribution in [2.24, 2.45) is 5.73 Å². The average Bonchev–Trinajstić information content (AvgIpc) is 2.83. The zero-order valence-electron chi connectivity index (χ0n) is 13.4. The first-order valence-corrected chi connectivity index (χ1v) is 8.07. The third-order valence-corrected chi connectivity index (χ3v) is 3.94. The summed E-state index contributed by atoms with van der Waals surface area (Å²) in [6.07, 6.45) is 5.07. The van der Waals surface area contributed by atoms with Gasteiger partial charge in [-0.1, -0.05) is 31.0 Å². The topological polar surface area (TPSA) is 75.4 Å². The van der Waals surface area contributed by atoms with Crippen LogP contribution >= 0.6 is 12.4 Å². The summed E-state index contributed by atoms with van der Waals surface area (Å²) < 4.78 is 0. The molecule has 6 heteroatoms. The zero-order chi connectivity index (χ0) is 15.8. The highest BCUT2D eigenvalue weighted by Crippen LogP contribution is 2.27. The molecular formula is C17H26ClN3O2. The van der Waals surface area contributed by atoms with E-state index in [1.54, 1.807) is 4.90 Å². The van der Waals surface area contributed by atoms with Crippen molar-refractivity contribution in [3.05, 3.63) is 29.8 Å². The molecule has 1 aromatic rings. The van der Waals surface area contributed by atoms with Crippen molar-refractivity contribution in [3.8, 4) is 0 Å². The fourth-order valence-corrected chi connectivity index (χ4v) is 2.74. The molecule has 0 bridgehead atoms. The third kappa shape index (κ3) is 5.84. The molecule has 1 aliphatic rings. The Labute approximate surface area is 144 Å². The molecule has 0 fully saturated rings. The lowest BCUT2D eigenvalue weighted by Crippen LogP contribution is -2.36. The Hall–Kier alpha value is -1.59. The fourth-order valence-electron chi connectivity index (χ4n) is 2.74. The first-order chi connectivity index (χ1) is 10.7. The summed E-state index contributed by atoms with van der Waals surface area (Å²) in [5.74, 6) is 0.171. The number of unbranched alkanes of at least 4 members (excludes halogenated alkanes) is 3. The predicted molar refractivity (Wildman–Crippen MR) is 94.9 cm³/mol. The van der Waals surface area contributed by atoms with Crippen LogP contribution in [-0.2, 0) is 16.0 Å². The van der Waals surface area contributed by atoms with Crippen molar-refractivity contribution in [1.29, 1.82) is 0 Å². The van der Waals surface area contributed by atoms with Crippen molar-refractivity contribution < 1.29 is 9.59 Å². The van der Waals surface area contributed by atoms with Crippen molar-refractivity contribution in [2.75, 3.05) is 24.5 Å². The van der Waals surface area contributed by atoms with E-state index in [0.29, 0.717) is 25.9 Å². The Kier molecular flexibility index (Phi) is 8.66. The predicted octanol–water partition coefficient (Wildman–Crippen LogP) is 2.02. The highest BCUT2D eigenvalue weighted by Gasteiger charge is 2.26. The van der Waals surface area contributed by atoms with Gasteiger partial charge >= 0.3 is 0 Å². The largest absolute Gasteiger partial charge is 0.354 e. The number of carbonyl (C=O) groups excluding carboxylic acids is 2. The van der Waals surface area contributed by atoms with E-state index in [0.717, 1.165) is 43.5 Å². The SMILES string of the molecule is Cl.NCCCCCCC(=O)NCCN1C(=O)Cc2ccccc21. The standard InChI is InChI=1S/C17H25N3O2.ClH/c18-10-6-2-1-3-9-16(21)19-11-12-20-15-8-5-4-7-14(15)13-17(20)22;/h4-5,7-8H,1-3,6,9-13,18H2,(H,19,21);1H. The van der Waals surface area contributed by atoms with E-state index in [1.807, 2.05) is 24.3 Å². The summed E-state index contributed by atoms with van der Waals surface area (Å²) in [6, 6.07) is 7.82. The zero-order valence-corrected chi connectivity index (χ0v) is 14.2. The van der Waals surface area contributed by atoms with Gasteiger partial charge in [0.15, 0.2) is 0 Å². The lowest BCUT2D eigenvalue weighted by atomic mass is 10.1. The summed E-state index contributed by atoms with van der Waals surface area (Å²) in [6.45, 7) is 1.76. The number of rotatable bonds is 9. The molecule has 0 spiro atoms. The van der Waals surface area contributed by atoms with Gasteiger partial charge in [0.05, 0.1) is 6.42 Å². The van der Waals surface area contributed by atoms with E-state index in [2.05, 4.69) is 5.32 Å². The molecule has 0 aromatic heterocycles. The quantitative estimate of drug-likeness (QED) is 0.676. The van der Waals surface area contributed by atoms with Crippen molar-refractivity contribution >= 4 is 29.9 Å². The van der Waals surface area contributed by atoms with Gasteiger partial charge in [0.2, 0.25) is 11.8 Å². The molecule has 0 aliphatic carbocycles. The van der Waals surface area contributed by atoms with Crippen molar-refractivity contribution in [3.63, 3.8) is 0 Å². The number of nitrogens with one attached hydrogen (secondary N) is 1. The maximum absolute atomic E-state index is 12.0. The number of hydrogen-bond donors (Lipinski definition) is 2. The molecule has 2 rings (SSSR count). The second kappa shape index (κ2) is 10.2. The molecule has 23 heavy (non-hydrogen) atoms. The molecule has 2 amide bonds. The van der Waals surface area contributed by atoms with Gasteiger partial charge < -0.3 is 16.0 Å². The molecule has 1 heterocycles. The maximum atomic E-state index is 12.0. The van der Waals surface area contributed by atoms with Crippen LogP contribution in [0.2, 0.25) is 0 Å². The number of fused-ring (bicyclic) bond motifs is 1. The number of benzene rings is 1. The minimum atomic E-state index is 0. The third-order valence-electron chi connectivity index (χ3n) is 3.94. The monoisotopic (exact) mass is 339 g/mol. The van der Waals surface area contributed by atoms with Crippen LogP contribution in [0.25, 0.3) is 0 Å². The molecule has 3 N–H and O–H groups in total. The maximum Gasteiger partial charge on any atom is 0.231 e. The van der Waals surface area contributed by atoms with Crippen LogP contribution in [0.1, 0.15) is 37.7 Å². The number of carbonyl (C=O) groups is 2. The minimum absolute atomic E-state index is 0. The number of amides is 2. The molecular weight excluding hydrogens is 314 g/mol. The highest BCUT2D eigenvalue weighted by atomic mass is 35.5. The summed E-state index contributed by atoms with van der Waals surface area (Å²) in [4.78, 5) is 25.5. The van der Waals surface area contributed by atoms with Crippen LogP contribution in [0.4, 0.5) is 5.69 Å². The van der Waals surface area contributed by atoms with Gasteiger partial charge in [0.25, 0.3) is 0 Å². The van der Waals surface area contributed by atoms with Crippen molar-refractivity contribution in [2.45, 2.75) is 38.5 Å². The lowest BCUT2D eigenvalue weighted by Gasteiger charge is -2.17. The van der Waals surface area contributed by atoms with E-state index < -0.39 is 0 Å². The Morgan fingerprint density at radius 1 is 1.17 bits per heavy atom. The minimum Gasteiger partial charge on any atom is -0.354 e. The Balaban J connectivity index is 0.00000264. The van der Waals surface area contributed by atoms with Crippen LogP contribution < -0.4 is 16.0 Å². The van der Waals surface area contributed by atoms with Crippen LogP contribution in [0.3, 0.4) is 0 Å². The van der Waals surface area contributed by atoms with Gasteiger partial charge in [0.1, 0.15) is 0 Å². The average molecular weight is 340 g/mol. The van der Waals surface area contributed by atoms with Crippen LogP contribution in [0.15, 0.2) is 24.3 Å². The first-order valence-electron chi connectivity index (χ1n) is 8.07. The van der Waals surface area contributed by atoms with Gasteiger partial charge in [-0.3, -0.25) is 9.59 Å². The molecule has 0 unspecified atom stereocenters. The van der Waals surface area contributed by atoms with E-state index >= 15 is 0 Å². The molecule has 128 valence electrons. The number of nitrogens with zero attached hydrogens (tertiary/aromatic N) is 1. The van der Waals surface area contributed by atoms with Gasteiger partial charge in [-0.2, -0.15) is 0 Å². The first kappa shape index (κ1) is 19.5. The normalized spacial score (nSPS) is 12.7. The van der Waals surface area contributed by atoms with Gasteiger partial charge in [-0.25, -0.2) is 0 Å². The molecule has 0 saturated carbocycles. The van der Waals surface area contributed by atoms with Gasteiger partial charge in [-0.15, -0.1) is 12.4 Å². The number of halogens is 1. The van der Waals surface area contributed by atoms with Crippen LogP contribution in [0, 0.1) is 0 Å². The van der Waals surface area contributed by atoms with E-state index in [-0.39, 0.29) is 24.2 Å². The molecule has 1 aromatic carbocycles. The van der Waals surface area contributed by atoms with E-state index in [9.17, 15) is 9.59 Å². The number of para-hydroxylation sites is 1. The number of anilines is 1. The molecule has 0 saturated heterocycles. The summed E-state index contributed by atoms with van der Waals surface area (Å²) in [7, 11) is 0. The van der Waals surface area contributed by atoms with Crippen molar-refractivity contribution in [1.82, 2.24) is 5.32 Å². The van der Waals surface area contributed by atoms with Crippen LogP contribution in [-0.4, -0.2) is 31.4 Å². The van der Waals surface area contributed by atoms with Gasteiger partial charge in [-0.05, 0) is 31.0 Å². The molecule has 5 nitrogen and oxygen atoms in total. The number of hydrogen-bond acceptors (Lipinski definition) is 3.